The van der Waals surface area contributed by atoms with Crippen molar-refractivity contribution in [2.75, 3.05) is 7.11 Å². The molecule has 0 aliphatic rings. The van der Waals surface area contributed by atoms with Gasteiger partial charge in [-0.3, -0.25) is 0 Å². The first-order valence-electron chi connectivity index (χ1n) is 5.52. The lowest BCUT2D eigenvalue weighted by atomic mass is 10.1. The highest BCUT2D eigenvalue weighted by Gasteiger charge is 2.28. The number of hydrogen-bond acceptors (Lipinski definition) is 4. The van der Waals surface area contributed by atoms with E-state index in [1.807, 2.05) is 0 Å². The van der Waals surface area contributed by atoms with E-state index in [1.165, 1.54) is 7.11 Å². The largest absolute Gasteiger partial charge is 0.468 e. The summed E-state index contributed by atoms with van der Waals surface area (Å²) in [6, 6.07) is 7.58. The van der Waals surface area contributed by atoms with Gasteiger partial charge in [-0.15, -0.1) is 0 Å². The number of carbonyl (C=O) groups excluding carboxylic acids is 1. The summed E-state index contributed by atoms with van der Waals surface area (Å²) in [4.78, 5) is 11.7. The first-order chi connectivity index (χ1) is 8.38. The van der Waals surface area contributed by atoms with Gasteiger partial charge in [0.1, 0.15) is 6.04 Å². The van der Waals surface area contributed by atoms with Gasteiger partial charge in [-0.05, 0) is 19.4 Å². The zero-order valence-corrected chi connectivity index (χ0v) is 11.4. The summed E-state index contributed by atoms with van der Waals surface area (Å²) in [7, 11) is -2.33. The van der Waals surface area contributed by atoms with Gasteiger partial charge in [-0.1, -0.05) is 30.3 Å². The molecular weight excluding hydrogens is 254 g/mol. The Kier molecular flexibility index (Phi) is 4.86. The van der Waals surface area contributed by atoms with Crippen LogP contribution in [0.1, 0.15) is 25.5 Å². The quantitative estimate of drug-likeness (QED) is 0.817. The van der Waals surface area contributed by atoms with Gasteiger partial charge in [0.2, 0.25) is 10.0 Å². The minimum Gasteiger partial charge on any atom is -0.468 e. The van der Waals surface area contributed by atoms with Crippen molar-refractivity contribution in [3.8, 4) is 0 Å². The fraction of sp³-hybridized carbons (Fsp3) is 0.417. The van der Waals surface area contributed by atoms with E-state index < -0.39 is 27.3 Å². The van der Waals surface area contributed by atoms with Crippen molar-refractivity contribution in [1.82, 2.24) is 4.72 Å². The molecular formula is C12H17NO4S. The molecule has 1 aromatic carbocycles. The third kappa shape index (κ3) is 3.54. The average Bonchev–Trinajstić information content (AvgIpc) is 2.36. The van der Waals surface area contributed by atoms with Crippen molar-refractivity contribution in [3.05, 3.63) is 35.9 Å². The van der Waals surface area contributed by atoms with Crippen LogP contribution in [0.4, 0.5) is 0 Å². The summed E-state index contributed by atoms with van der Waals surface area (Å²) in [5.41, 5.74) is 0.550. The van der Waals surface area contributed by atoms with Crippen molar-refractivity contribution in [2.24, 2.45) is 0 Å². The number of methoxy groups -OCH3 is 1. The lowest BCUT2D eigenvalue weighted by Gasteiger charge is -2.18. The lowest BCUT2D eigenvalue weighted by molar-refractivity contribution is -0.142. The monoisotopic (exact) mass is 271 g/mol. The van der Waals surface area contributed by atoms with Gasteiger partial charge < -0.3 is 4.74 Å². The number of sulfonamides is 1. The Labute approximate surface area is 107 Å². The maximum Gasteiger partial charge on any atom is 0.328 e. The van der Waals surface area contributed by atoms with Crippen molar-refractivity contribution >= 4 is 16.0 Å². The molecule has 0 aromatic heterocycles. The molecule has 0 saturated carbocycles. The van der Waals surface area contributed by atoms with Gasteiger partial charge in [0.05, 0.1) is 12.4 Å². The average molecular weight is 271 g/mol. The molecule has 1 atom stereocenters. The fourth-order valence-corrected chi connectivity index (χ4v) is 2.15. The summed E-state index contributed by atoms with van der Waals surface area (Å²) < 4.78 is 30.6. The van der Waals surface area contributed by atoms with Crippen LogP contribution in [0, 0.1) is 0 Å². The van der Waals surface area contributed by atoms with E-state index in [0.717, 1.165) is 0 Å². The Morgan fingerprint density at radius 3 is 2.22 bits per heavy atom. The van der Waals surface area contributed by atoms with Gasteiger partial charge >= 0.3 is 5.97 Å². The van der Waals surface area contributed by atoms with E-state index in [1.54, 1.807) is 44.2 Å². The summed E-state index contributed by atoms with van der Waals surface area (Å²) >= 11 is 0. The normalized spacial score (nSPS) is 13.3. The van der Waals surface area contributed by atoms with Gasteiger partial charge in [0.15, 0.2) is 0 Å². The predicted molar refractivity (Wildman–Crippen MR) is 68.4 cm³/mol. The summed E-state index contributed by atoms with van der Waals surface area (Å²) in [5, 5.41) is -0.617. The molecule has 0 amide bonds. The minimum atomic E-state index is -3.55. The molecule has 1 rings (SSSR count). The van der Waals surface area contributed by atoms with Crippen LogP contribution < -0.4 is 4.72 Å². The Balaban J connectivity index is 3.06. The molecule has 0 heterocycles. The molecule has 100 valence electrons. The van der Waals surface area contributed by atoms with Crippen LogP contribution in [0.2, 0.25) is 0 Å². The van der Waals surface area contributed by atoms with E-state index in [9.17, 15) is 13.2 Å². The number of benzene rings is 1. The molecule has 0 bridgehead atoms. The van der Waals surface area contributed by atoms with Crippen LogP contribution in [-0.4, -0.2) is 26.7 Å². The summed E-state index contributed by atoms with van der Waals surface area (Å²) in [5.74, 6) is -0.634. The fourth-order valence-electron chi connectivity index (χ4n) is 1.32. The molecule has 18 heavy (non-hydrogen) atoms. The number of esters is 1. The van der Waals surface area contributed by atoms with Crippen LogP contribution in [0.15, 0.2) is 30.3 Å². The molecule has 0 saturated heterocycles. The topological polar surface area (TPSA) is 72.5 Å². The molecule has 1 N–H and O–H groups in total. The molecule has 6 heteroatoms. The van der Waals surface area contributed by atoms with Gasteiger partial charge in [-0.25, -0.2) is 13.2 Å². The van der Waals surface area contributed by atoms with Crippen LogP contribution in [0.3, 0.4) is 0 Å². The first kappa shape index (κ1) is 14.7. The minimum absolute atomic E-state index is 0.550. The second-order valence-electron chi connectivity index (χ2n) is 4.08. The molecule has 0 aliphatic carbocycles. The molecule has 0 spiro atoms. The third-order valence-corrected chi connectivity index (χ3v) is 4.28. The Hall–Kier alpha value is -1.40. The van der Waals surface area contributed by atoms with Crippen molar-refractivity contribution in [1.29, 1.82) is 0 Å². The van der Waals surface area contributed by atoms with E-state index in [0.29, 0.717) is 5.56 Å². The third-order valence-electron chi connectivity index (χ3n) is 2.47. The number of rotatable bonds is 5. The van der Waals surface area contributed by atoms with Gasteiger partial charge in [-0.2, -0.15) is 4.72 Å². The molecule has 0 fully saturated rings. The molecule has 5 nitrogen and oxygen atoms in total. The number of nitrogens with one attached hydrogen (secondary N) is 1. The summed E-state index contributed by atoms with van der Waals surface area (Å²) in [6.45, 7) is 3.09. The molecule has 0 radical (unpaired) electrons. The zero-order valence-electron chi connectivity index (χ0n) is 10.6. The Bertz CT molecular complexity index is 496. The summed E-state index contributed by atoms with van der Waals surface area (Å²) in [6.07, 6.45) is 0. The maximum atomic E-state index is 11.8. The van der Waals surface area contributed by atoms with Crippen LogP contribution in [0.5, 0.6) is 0 Å². The van der Waals surface area contributed by atoms with Gasteiger partial charge in [0, 0.05) is 0 Å². The zero-order chi connectivity index (χ0) is 13.8. The number of ether oxygens (including phenoxy) is 1. The standard InChI is InChI=1S/C12H17NO4S/c1-9(2)18(15,16)13-11(12(14)17-3)10-7-5-4-6-8-10/h4-9,11,13H,1-3H3. The first-order valence-corrected chi connectivity index (χ1v) is 7.07. The van der Waals surface area contributed by atoms with Crippen molar-refractivity contribution < 1.29 is 17.9 Å². The maximum absolute atomic E-state index is 11.8. The lowest BCUT2D eigenvalue weighted by Crippen LogP contribution is -2.38. The van der Waals surface area contributed by atoms with Gasteiger partial charge in [0.25, 0.3) is 0 Å². The van der Waals surface area contributed by atoms with Crippen LogP contribution >= 0.6 is 0 Å². The van der Waals surface area contributed by atoms with E-state index >= 15 is 0 Å². The van der Waals surface area contributed by atoms with E-state index in [-0.39, 0.29) is 0 Å². The second-order valence-corrected chi connectivity index (χ2v) is 6.35. The van der Waals surface area contributed by atoms with Crippen molar-refractivity contribution in [3.63, 3.8) is 0 Å². The SMILES string of the molecule is COC(=O)C(NS(=O)(=O)C(C)C)c1ccccc1. The van der Waals surface area contributed by atoms with E-state index in [4.69, 9.17) is 0 Å². The molecule has 1 unspecified atom stereocenters. The van der Waals surface area contributed by atoms with Crippen molar-refractivity contribution in [2.45, 2.75) is 25.1 Å². The molecule has 0 aliphatic heterocycles. The Morgan fingerprint density at radius 1 is 1.22 bits per heavy atom. The predicted octanol–water partition coefficient (Wildman–Crippen LogP) is 1.23. The second kappa shape index (κ2) is 5.97. The number of hydrogen-bond donors (Lipinski definition) is 1. The highest BCUT2D eigenvalue weighted by molar-refractivity contribution is 7.90. The van der Waals surface area contributed by atoms with Crippen LogP contribution in [0.25, 0.3) is 0 Å². The molecule has 1 aromatic rings. The number of carbonyl (C=O) groups is 1. The highest BCUT2D eigenvalue weighted by atomic mass is 32.2. The van der Waals surface area contributed by atoms with Crippen LogP contribution in [-0.2, 0) is 19.6 Å². The Morgan fingerprint density at radius 2 is 1.78 bits per heavy atom. The van der Waals surface area contributed by atoms with E-state index in [2.05, 4.69) is 9.46 Å². The smallest absolute Gasteiger partial charge is 0.328 e. The highest BCUT2D eigenvalue weighted by Crippen LogP contribution is 2.16.